The molecule has 1 saturated carbocycles. The standard InChI is InChI=1S/C19H34O4Si2/c1-5-25(22-2,14-13-16-11-12-18(20)19(21)15-16)23-24(3,4)17-9-7-6-8-10-17/h6-10,16,18-21H,5,11-15H2,1-4H3. The second kappa shape index (κ2) is 8.93. The molecular formula is C19H34O4Si2. The lowest BCUT2D eigenvalue weighted by molar-refractivity contribution is -0.0260. The fourth-order valence-electron chi connectivity index (χ4n) is 3.85. The molecule has 0 aliphatic heterocycles. The largest absolute Gasteiger partial charge is 0.432 e. The molecule has 1 aliphatic carbocycles. The highest BCUT2D eigenvalue weighted by atomic mass is 28.4. The average molecular weight is 383 g/mol. The van der Waals surface area contributed by atoms with Crippen LogP contribution in [0.25, 0.3) is 0 Å². The highest BCUT2D eigenvalue weighted by molar-refractivity contribution is 6.91. The zero-order valence-corrected chi connectivity index (χ0v) is 18.1. The summed E-state index contributed by atoms with van der Waals surface area (Å²) in [5.74, 6) is 0.456. The van der Waals surface area contributed by atoms with Gasteiger partial charge >= 0.3 is 8.56 Å². The molecule has 1 fully saturated rings. The van der Waals surface area contributed by atoms with Crippen LogP contribution < -0.4 is 5.19 Å². The van der Waals surface area contributed by atoms with Crippen LogP contribution in [0.1, 0.15) is 32.6 Å². The van der Waals surface area contributed by atoms with Gasteiger partial charge < -0.3 is 18.8 Å². The van der Waals surface area contributed by atoms with E-state index in [1.54, 1.807) is 7.11 Å². The Morgan fingerprint density at radius 3 is 2.32 bits per heavy atom. The second-order valence-electron chi connectivity index (χ2n) is 7.80. The van der Waals surface area contributed by atoms with Crippen molar-refractivity contribution in [2.75, 3.05) is 7.11 Å². The predicted molar refractivity (Wildman–Crippen MR) is 107 cm³/mol. The first-order chi connectivity index (χ1) is 11.8. The quantitative estimate of drug-likeness (QED) is 0.678. The molecule has 142 valence electrons. The van der Waals surface area contributed by atoms with E-state index in [2.05, 4.69) is 44.3 Å². The van der Waals surface area contributed by atoms with E-state index in [0.717, 1.165) is 24.9 Å². The normalized spacial score (nSPS) is 27.0. The monoisotopic (exact) mass is 382 g/mol. The van der Waals surface area contributed by atoms with Crippen LogP contribution in [0.4, 0.5) is 0 Å². The maximum Gasteiger partial charge on any atom is 0.327 e. The predicted octanol–water partition coefficient (Wildman–Crippen LogP) is 3.14. The van der Waals surface area contributed by atoms with Crippen molar-refractivity contribution in [3.8, 4) is 0 Å². The van der Waals surface area contributed by atoms with Crippen LogP contribution in [0.3, 0.4) is 0 Å². The molecule has 0 saturated heterocycles. The molecule has 1 aromatic rings. The van der Waals surface area contributed by atoms with Gasteiger partial charge in [-0.3, -0.25) is 0 Å². The fourth-order valence-corrected chi connectivity index (χ4v) is 12.1. The lowest BCUT2D eigenvalue weighted by atomic mass is 9.84. The molecule has 1 aromatic carbocycles. The summed E-state index contributed by atoms with van der Waals surface area (Å²) in [6, 6.07) is 12.4. The number of hydrogen-bond acceptors (Lipinski definition) is 4. The Balaban J connectivity index is 2.02. The van der Waals surface area contributed by atoms with Gasteiger partial charge in [0.2, 0.25) is 8.32 Å². The van der Waals surface area contributed by atoms with Crippen molar-refractivity contribution in [1.82, 2.24) is 0 Å². The van der Waals surface area contributed by atoms with E-state index >= 15 is 0 Å². The zero-order valence-electron chi connectivity index (χ0n) is 16.1. The molecule has 2 rings (SSSR count). The first-order valence-electron chi connectivity index (χ1n) is 9.49. The first kappa shape index (κ1) is 20.8. The minimum Gasteiger partial charge on any atom is -0.432 e. The van der Waals surface area contributed by atoms with Gasteiger partial charge in [-0.15, -0.1) is 0 Å². The van der Waals surface area contributed by atoms with Gasteiger partial charge in [0.25, 0.3) is 0 Å². The van der Waals surface area contributed by atoms with Gasteiger partial charge in [0.05, 0.1) is 12.2 Å². The summed E-state index contributed by atoms with van der Waals surface area (Å²) in [5.41, 5.74) is 0. The van der Waals surface area contributed by atoms with E-state index in [1.807, 2.05) is 6.07 Å². The third-order valence-corrected chi connectivity index (χ3v) is 13.8. The van der Waals surface area contributed by atoms with Gasteiger partial charge in [-0.2, -0.15) is 0 Å². The van der Waals surface area contributed by atoms with Crippen LogP contribution in [0.15, 0.2) is 30.3 Å². The van der Waals surface area contributed by atoms with Gasteiger partial charge in [-0.05, 0) is 62.0 Å². The Hall–Kier alpha value is -0.506. The maximum absolute atomic E-state index is 9.93. The van der Waals surface area contributed by atoms with E-state index < -0.39 is 29.1 Å². The molecule has 0 bridgehead atoms. The highest BCUT2D eigenvalue weighted by Crippen LogP contribution is 2.33. The van der Waals surface area contributed by atoms with Crippen molar-refractivity contribution >= 4 is 22.1 Å². The number of hydrogen-bond donors (Lipinski definition) is 2. The van der Waals surface area contributed by atoms with E-state index in [9.17, 15) is 10.2 Å². The van der Waals surface area contributed by atoms with Gasteiger partial charge in [-0.1, -0.05) is 37.3 Å². The summed E-state index contributed by atoms with van der Waals surface area (Å²) < 4.78 is 12.8. The molecule has 1 aliphatic rings. The topological polar surface area (TPSA) is 58.9 Å². The van der Waals surface area contributed by atoms with Gasteiger partial charge in [-0.25, -0.2) is 0 Å². The molecular weight excluding hydrogens is 348 g/mol. The fraction of sp³-hybridized carbons (Fsp3) is 0.684. The zero-order chi connectivity index (χ0) is 18.5. The lowest BCUT2D eigenvalue weighted by Gasteiger charge is -2.38. The van der Waals surface area contributed by atoms with Gasteiger partial charge in [0.1, 0.15) is 0 Å². The summed E-state index contributed by atoms with van der Waals surface area (Å²) in [7, 11) is -2.49. The van der Waals surface area contributed by atoms with E-state index in [1.165, 1.54) is 5.19 Å². The minimum absolute atomic E-state index is 0.456. The molecule has 4 atom stereocenters. The summed E-state index contributed by atoms with van der Waals surface area (Å²) in [6.45, 7) is 6.67. The van der Waals surface area contributed by atoms with Crippen molar-refractivity contribution in [3.05, 3.63) is 30.3 Å². The van der Waals surface area contributed by atoms with Crippen molar-refractivity contribution < 1.29 is 18.8 Å². The third-order valence-electron chi connectivity index (χ3n) is 5.64. The van der Waals surface area contributed by atoms with Crippen LogP contribution in [-0.4, -0.2) is 46.4 Å². The summed E-state index contributed by atoms with van der Waals surface area (Å²) in [5, 5.41) is 20.9. The Kier molecular flexibility index (Phi) is 7.43. The van der Waals surface area contributed by atoms with Crippen LogP contribution in [0.2, 0.25) is 25.2 Å². The Labute approximate surface area is 154 Å². The third kappa shape index (κ3) is 5.48. The minimum atomic E-state index is -2.27. The summed E-state index contributed by atoms with van der Waals surface area (Å²) in [4.78, 5) is 0. The first-order valence-corrected chi connectivity index (χ1v) is 14.6. The molecule has 0 amide bonds. The molecule has 25 heavy (non-hydrogen) atoms. The van der Waals surface area contributed by atoms with Crippen LogP contribution in [0.5, 0.6) is 0 Å². The van der Waals surface area contributed by atoms with Gasteiger partial charge in [0, 0.05) is 7.11 Å². The maximum atomic E-state index is 9.93. The van der Waals surface area contributed by atoms with Crippen molar-refractivity contribution in [1.29, 1.82) is 0 Å². The molecule has 4 nitrogen and oxygen atoms in total. The number of rotatable bonds is 8. The van der Waals surface area contributed by atoms with Crippen LogP contribution in [0, 0.1) is 5.92 Å². The van der Waals surface area contributed by atoms with E-state index in [-0.39, 0.29) is 0 Å². The smallest absolute Gasteiger partial charge is 0.327 e. The van der Waals surface area contributed by atoms with Crippen molar-refractivity contribution in [2.45, 2.75) is 70.0 Å². The Morgan fingerprint density at radius 2 is 1.76 bits per heavy atom. The lowest BCUT2D eigenvalue weighted by Crippen LogP contribution is -2.56. The number of aliphatic hydroxyl groups excluding tert-OH is 2. The average Bonchev–Trinajstić information content (AvgIpc) is 2.62. The van der Waals surface area contributed by atoms with E-state index in [4.69, 9.17) is 8.54 Å². The molecule has 4 unspecified atom stereocenters. The van der Waals surface area contributed by atoms with Crippen molar-refractivity contribution in [3.63, 3.8) is 0 Å². The molecule has 0 heterocycles. The molecule has 2 N–H and O–H groups in total. The van der Waals surface area contributed by atoms with Gasteiger partial charge in [0.15, 0.2) is 0 Å². The molecule has 0 radical (unpaired) electrons. The Bertz CT molecular complexity index is 519. The number of aliphatic hydroxyl groups is 2. The second-order valence-corrected chi connectivity index (χ2v) is 15.7. The summed E-state index contributed by atoms with van der Waals surface area (Å²) >= 11 is 0. The van der Waals surface area contributed by atoms with Crippen LogP contribution >= 0.6 is 0 Å². The molecule has 0 spiro atoms. The van der Waals surface area contributed by atoms with Crippen molar-refractivity contribution in [2.24, 2.45) is 5.92 Å². The SMILES string of the molecule is CC[Si](CCC1CCC(O)C(O)C1)(OC)O[Si](C)(C)c1ccccc1. The summed E-state index contributed by atoms with van der Waals surface area (Å²) in [6.07, 6.45) is 2.26. The Morgan fingerprint density at radius 1 is 1.08 bits per heavy atom. The van der Waals surface area contributed by atoms with Crippen LogP contribution in [-0.2, 0) is 8.54 Å². The highest BCUT2D eigenvalue weighted by Gasteiger charge is 2.42. The molecule has 6 heteroatoms. The number of benzene rings is 1. The van der Waals surface area contributed by atoms with E-state index in [0.29, 0.717) is 18.8 Å². The molecule has 0 aromatic heterocycles.